The van der Waals surface area contributed by atoms with Gasteiger partial charge in [-0.3, -0.25) is 4.98 Å². The third-order valence-electron chi connectivity index (χ3n) is 1.71. The van der Waals surface area contributed by atoms with E-state index in [4.69, 9.17) is 4.12 Å². The van der Waals surface area contributed by atoms with E-state index in [1.807, 2.05) is 18.7 Å². The molecule has 6 heteroatoms. The Morgan fingerprint density at radius 1 is 1.69 bits per heavy atom. The lowest BCUT2D eigenvalue weighted by Crippen LogP contribution is -3.00. The van der Waals surface area contributed by atoms with Crippen molar-refractivity contribution in [3.8, 4) is 0 Å². The van der Waals surface area contributed by atoms with Crippen molar-refractivity contribution in [3.05, 3.63) is 30.5 Å². The van der Waals surface area contributed by atoms with Crippen molar-refractivity contribution in [1.82, 2.24) is 4.98 Å². The van der Waals surface area contributed by atoms with Crippen LogP contribution in [0.2, 0.25) is 0 Å². The number of halogens is 1. The highest BCUT2D eigenvalue weighted by molar-refractivity contribution is 6.39. The van der Waals surface area contributed by atoms with Gasteiger partial charge in [0.2, 0.25) is 6.33 Å². The highest BCUT2D eigenvalue weighted by Crippen LogP contribution is 1.94. The van der Waals surface area contributed by atoms with Crippen LogP contribution in [0.4, 0.5) is 0 Å². The molecule has 1 aromatic rings. The lowest BCUT2D eigenvalue weighted by Gasteiger charge is -1.99. The number of hydrogen-bond acceptors (Lipinski definition) is 1. The van der Waals surface area contributed by atoms with E-state index in [1.54, 1.807) is 0 Å². The van der Waals surface area contributed by atoms with Gasteiger partial charge in [0.1, 0.15) is 28.9 Å². The third kappa shape index (κ3) is 4.56. The Bertz CT molecular complexity index is 241. The molecule has 0 bridgehead atoms. The molecule has 3 nitrogen and oxygen atoms in total. The Kier molecular flexibility index (Phi) is 7.15. The summed E-state index contributed by atoms with van der Waals surface area (Å²) >= 11 is 0. The molecule has 74 valence electrons. The molecule has 0 spiro atoms. The van der Waals surface area contributed by atoms with Crippen LogP contribution in [0.1, 0.15) is 13.0 Å². The van der Waals surface area contributed by atoms with Gasteiger partial charge in [0.15, 0.2) is 9.76 Å². The second-order valence-corrected chi connectivity index (χ2v) is 5.80. The Morgan fingerprint density at radius 3 is 3.00 bits per heavy atom. The SMILES string of the molecule is CC(C=C[SiH2]O[SiH3])[n+]1cc[nH]c1.[Br-]. The van der Waals surface area contributed by atoms with Gasteiger partial charge < -0.3 is 21.1 Å². The van der Waals surface area contributed by atoms with Gasteiger partial charge in [-0.1, -0.05) is 5.70 Å². The molecule has 0 aliphatic rings. The van der Waals surface area contributed by atoms with Crippen LogP contribution in [-0.4, -0.2) is 25.2 Å². The van der Waals surface area contributed by atoms with Crippen molar-refractivity contribution in [2.24, 2.45) is 0 Å². The summed E-state index contributed by atoms with van der Waals surface area (Å²) in [6.45, 7) is 2.16. The summed E-state index contributed by atoms with van der Waals surface area (Å²) in [5, 5.41) is 0. The van der Waals surface area contributed by atoms with Crippen LogP contribution in [0.3, 0.4) is 0 Å². The van der Waals surface area contributed by atoms with Gasteiger partial charge >= 0.3 is 0 Å². The molecule has 0 saturated heterocycles. The number of H-pyrrole nitrogens is 1. The van der Waals surface area contributed by atoms with Crippen LogP contribution < -0.4 is 21.5 Å². The number of nitrogens with zero attached hydrogens (tertiary/aromatic N) is 1. The van der Waals surface area contributed by atoms with Gasteiger partial charge in [0.05, 0.1) is 0 Å². The standard InChI is InChI=1S/C7H14N2OSi2.BrH/c1-7(2-5-12-10-11)9-4-3-8-6-9;/h2-7H,12H2,1,11H3;1H. The summed E-state index contributed by atoms with van der Waals surface area (Å²) in [5.74, 6) is 0. The molecule has 1 atom stereocenters. The predicted octanol–water partition coefficient (Wildman–Crippen LogP) is -4.24. The molecular weight excluding hydrogens is 264 g/mol. The van der Waals surface area contributed by atoms with Crippen LogP contribution in [-0.2, 0) is 4.12 Å². The first-order chi connectivity index (χ1) is 5.84. The van der Waals surface area contributed by atoms with Crippen LogP contribution in [0.15, 0.2) is 30.5 Å². The first kappa shape index (κ1) is 12.8. The van der Waals surface area contributed by atoms with E-state index in [0.29, 0.717) is 6.04 Å². The molecule has 0 aromatic carbocycles. The zero-order chi connectivity index (χ0) is 8.81. The zero-order valence-electron chi connectivity index (χ0n) is 7.90. The first-order valence-electron chi connectivity index (χ1n) is 4.03. The fraction of sp³-hybridized carbons (Fsp3) is 0.286. The fourth-order valence-electron chi connectivity index (χ4n) is 1.00. The topological polar surface area (TPSA) is 28.9 Å². The fourth-order valence-corrected chi connectivity index (χ4v) is 2.28. The molecule has 1 N–H and O–H groups in total. The van der Waals surface area contributed by atoms with Gasteiger partial charge in [-0.15, -0.1) is 0 Å². The largest absolute Gasteiger partial charge is 1.00 e. The van der Waals surface area contributed by atoms with Crippen molar-refractivity contribution in [2.75, 3.05) is 0 Å². The monoisotopic (exact) mass is 278 g/mol. The summed E-state index contributed by atoms with van der Waals surface area (Å²) < 4.78 is 7.31. The van der Waals surface area contributed by atoms with Crippen LogP contribution in [0.25, 0.3) is 0 Å². The molecule has 0 saturated carbocycles. The highest BCUT2D eigenvalue weighted by atomic mass is 79.9. The summed E-state index contributed by atoms with van der Waals surface area (Å²) in [7, 11) is 0.520. The zero-order valence-corrected chi connectivity index (χ0v) is 12.9. The van der Waals surface area contributed by atoms with Crippen molar-refractivity contribution < 1.29 is 25.7 Å². The normalized spacial score (nSPS) is 13.9. The van der Waals surface area contributed by atoms with E-state index in [9.17, 15) is 0 Å². The minimum Gasteiger partial charge on any atom is -1.00 e. The van der Waals surface area contributed by atoms with Crippen LogP contribution in [0.5, 0.6) is 0 Å². The number of rotatable bonds is 4. The molecule has 0 amide bonds. The smallest absolute Gasteiger partial charge is 0.241 e. The lowest BCUT2D eigenvalue weighted by atomic mass is 10.3. The van der Waals surface area contributed by atoms with E-state index >= 15 is 0 Å². The van der Waals surface area contributed by atoms with Gasteiger partial charge in [-0.2, -0.15) is 0 Å². The van der Waals surface area contributed by atoms with Gasteiger partial charge in [-0.25, -0.2) is 4.57 Å². The van der Waals surface area contributed by atoms with E-state index in [2.05, 4.69) is 28.3 Å². The molecule has 0 fully saturated rings. The maximum Gasteiger partial charge on any atom is 0.241 e. The molecule has 0 aliphatic heterocycles. The average Bonchev–Trinajstić information content (AvgIpc) is 2.56. The van der Waals surface area contributed by atoms with E-state index in [1.165, 1.54) is 0 Å². The number of hydrogen-bond donors (Lipinski definition) is 1. The molecule has 13 heavy (non-hydrogen) atoms. The maximum absolute atomic E-state index is 5.18. The minimum atomic E-state index is -0.352. The van der Waals surface area contributed by atoms with Gasteiger partial charge in [-0.05, 0) is 13.0 Å². The van der Waals surface area contributed by atoms with Crippen molar-refractivity contribution >= 4 is 20.2 Å². The Labute approximate surface area is 94.5 Å². The quantitative estimate of drug-likeness (QED) is 0.439. The lowest BCUT2D eigenvalue weighted by molar-refractivity contribution is -0.707. The highest BCUT2D eigenvalue weighted by Gasteiger charge is 2.02. The van der Waals surface area contributed by atoms with Gasteiger partial charge in [0, 0.05) is 0 Å². The minimum absolute atomic E-state index is 0. The predicted molar refractivity (Wildman–Crippen MR) is 54.4 cm³/mol. The summed E-state index contributed by atoms with van der Waals surface area (Å²) in [6.07, 6.45) is 8.10. The molecule has 0 radical (unpaired) electrons. The Hall–Kier alpha value is -0.176. The molecular formula is C7H15BrN2OSi2. The summed E-state index contributed by atoms with van der Waals surface area (Å²) in [5.41, 5.74) is 2.19. The second-order valence-electron chi connectivity index (χ2n) is 2.68. The second kappa shape index (κ2) is 7.25. The summed E-state index contributed by atoms with van der Waals surface area (Å²) in [4.78, 5) is 3.02. The number of imidazole rings is 1. The first-order valence-corrected chi connectivity index (χ1v) is 6.24. The van der Waals surface area contributed by atoms with Crippen molar-refractivity contribution in [3.63, 3.8) is 0 Å². The van der Waals surface area contributed by atoms with Crippen LogP contribution >= 0.6 is 0 Å². The third-order valence-corrected chi connectivity index (χ3v) is 3.51. The molecule has 1 heterocycles. The van der Waals surface area contributed by atoms with E-state index in [-0.39, 0.29) is 26.7 Å². The molecule has 0 aliphatic carbocycles. The number of allylic oxidation sites excluding steroid dienone is 1. The van der Waals surface area contributed by atoms with Crippen LogP contribution in [0, 0.1) is 0 Å². The Morgan fingerprint density at radius 2 is 2.46 bits per heavy atom. The Balaban J connectivity index is 0.00000144. The van der Waals surface area contributed by atoms with E-state index < -0.39 is 0 Å². The average molecular weight is 279 g/mol. The molecule has 1 rings (SSSR count). The molecule has 1 aromatic heterocycles. The van der Waals surface area contributed by atoms with Crippen molar-refractivity contribution in [1.29, 1.82) is 0 Å². The number of nitrogens with one attached hydrogen (secondary N) is 1. The van der Waals surface area contributed by atoms with Crippen molar-refractivity contribution in [2.45, 2.75) is 13.0 Å². The number of aromatic nitrogens is 2. The molecule has 1 unspecified atom stereocenters. The van der Waals surface area contributed by atoms with Gasteiger partial charge in [0.25, 0.3) is 0 Å². The maximum atomic E-state index is 5.18. The number of aromatic amines is 1. The van der Waals surface area contributed by atoms with E-state index in [0.717, 1.165) is 10.5 Å². The summed E-state index contributed by atoms with van der Waals surface area (Å²) in [6, 6.07) is 0.431.